The molecule has 0 aliphatic carbocycles. The number of hydrogen-bond donors (Lipinski definition) is 3. The van der Waals surface area contributed by atoms with Gasteiger partial charge in [0.25, 0.3) is 0 Å². The van der Waals surface area contributed by atoms with Crippen LogP contribution >= 0.6 is 12.4 Å². The van der Waals surface area contributed by atoms with E-state index in [4.69, 9.17) is 5.73 Å². The van der Waals surface area contributed by atoms with Crippen LogP contribution in [0.1, 0.15) is 11.1 Å². The average molecular weight is 338 g/mol. The summed E-state index contributed by atoms with van der Waals surface area (Å²) >= 11 is 0. The van der Waals surface area contributed by atoms with Gasteiger partial charge >= 0.3 is 0 Å². The molecular weight excluding hydrogens is 318 g/mol. The quantitative estimate of drug-likeness (QED) is 0.664. The van der Waals surface area contributed by atoms with Gasteiger partial charge in [-0.1, -0.05) is 30.3 Å². The van der Waals surface area contributed by atoms with Crippen molar-refractivity contribution in [3.05, 3.63) is 53.9 Å². The Labute approximate surface area is 140 Å². The molecule has 4 N–H and O–H groups in total. The molecule has 0 aliphatic heterocycles. The number of carbonyl (C=O) groups excluding carboxylic acids is 2. The Hall–Kier alpha value is -2.38. The second-order valence-electron chi connectivity index (χ2n) is 4.79. The zero-order chi connectivity index (χ0) is 15.8. The Kier molecular flexibility index (Phi) is 7.79. The zero-order valence-corrected chi connectivity index (χ0v) is 13.4. The SMILES string of the molecule is Cl.NCC(=O)NCC(=O)NCc1cnn(Cc2ccccc2)c1. The van der Waals surface area contributed by atoms with Crippen LogP contribution in [0, 0.1) is 0 Å². The number of nitrogens with two attached hydrogens (primary N) is 1. The normalized spacial score (nSPS) is 9.78. The lowest BCUT2D eigenvalue weighted by Crippen LogP contribution is -2.39. The third-order valence-corrected chi connectivity index (χ3v) is 3.00. The summed E-state index contributed by atoms with van der Waals surface area (Å²) in [7, 11) is 0. The summed E-state index contributed by atoms with van der Waals surface area (Å²) in [4.78, 5) is 22.5. The van der Waals surface area contributed by atoms with E-state index in [1.54, 1.807) is 6.20 Å². The minimum absolute atomic E-state index is 0. The van der Waals surface area contributed by atoms with Crippen molar-refractivity contribution in [2.24, 2.45) is 5.73 Å². The molecule has 0 aliphatic rings. The summed E-state index contributed by atoms with van der Waals surface area (Å²) < 4.78 is 1.81. The van der Waals surface area contributed by atoms with Gasteiger partial charge in [-0.05, 0) is 5.56 Å². The largest absolute Gasteiger partial charge is 0.350 e. The summed E-state index contributed by atoms with van der Waals surface area (Å²) in [5, 5.41) is 9.37. The Balaban J connectivity index is 0.00000264. The van der Waals surface area contributed by atoms with Crippen molar-refractivity contribution in [1.82, 2.24) is 20.4 Å². The molecule has 1 aromatic heterocycles. The molecule has 2 aromatic rings. The fourth-order valence-electron chi connectivity index (χ4n) is 1.87. The lowest BCUT2D eigenvalue weighted by molar-refractivity contribution is -0.125. The fourth-order valence-corrected chi connectivity index (χ4v) is 1.87. The van der Waals surface area contributed by atoms with Gasteiger partial charge in [0.05, 0.1) is 25.8 Å². The standard InChI is InChI=1S/C15H19N5O2.ClH/c16-6-14(21)18-9-15(22)17-7-13-8-19-20(11-13)10-12-4-2-1-3-5-12;/h1-5,8,11H,6-7,9-10,16H2,(H,17,22)(H,18,21);1H. The van der Waals surface area contributed by atoms with Gasteiger partial charge in [-0.3, -0.25) is 14.3 Å². The van der Waals surface area contributed by atoms with Crippen LogP contribution in [-0.2, 0) is 22.7 Å². The second kappa shape index (κ2) is 9.60. The molecule has 0 bridgehead atoms. The highest BCUT2D eigenvalue weighted by atomic mass is 35.5. The predicted molar refractivity (Wildman–Crippen MR) is 88.9 cm³/mol. The van der Waals surface area contributed by atoms with Crippen LogP contribution in [0.2, 0.25) is 0 Å². The van der Waals surface area contributed by atoms with E-state index in [0.717, 1.165) is 11.1 Å². The lowest BCUT2D eigenvalue weighted by Gasteiger charge is -2.04. The van der Waals surface area contributed by atoms with Gasteiger partial charge in [0.15, 0.2) is 0 Å². The van der Waals surface area contributed by atoms with E-state index in [0.29, 0.717) is 13.1 Å². The monoisotopic (exact) mass is 337 g/mol. The Bertz CT molecular complexity index is 630. The Morgan fingerprint density at radius 3 is 2.52 bits per heavy atom. The summed E-state index contributed by atoms with van der Waals surface area (Å²) in [6.45, 7) is 0.848. The molecule has 1 aromatic carbocycles. The highest BCUT2D eigenvalue weighted by molar-refractivity contribution is 5.85. The number of nitrogens with zero attached hydrogens (tertiary/aromatic N) is 2. The van der Waals surface area contributed by atoms with Gasteiger partial charge in [0, 0.05) is 18.3 Å². The van der Waals surface area contributed by atoms with Crippen LogP contribution in [0.3, 0.4) is 0 Å². The van der Waals surface area contributed by atoms with Gasteiger partial charge in [-0.15, -0.1) is 12.4 Å². The van der Waals surface area contributed by atoms with Crippen LogP contribution < -0.4 is 16.4 Å². The smallest absolute Gasteiger partial charge is 0.239 e. The maximum Gasteiger partial charge on any atom is 0.239 e. The number of carbonyl (C=O) groups is 2. The molecule has 0 saturated heterocycles. The second-order valence-corrected chi connectivity index (χ2v) is 4.79. The number of rotatable bonds is 7. The molecule has 0 fully saturated rings. The topological polar surface area (TPSA) is 102 Å². The van der Waals surface area contributed by atoms with Gasteiger partial charge < -0.3 is 16.4 Å². The zero-order valence-electron chi connectivity index (χ0n) is 12.6. The number of benzene rings is 1. The Morgan fingerprint density at radius 1 is 1.09 bits per heavy atom. The third-order valence-electron chi connectivity index (χ3n) is 3.00. The van der Waals surface area contributed by atoms with Crippen LogP contribution in [-0.4, -0.2) is 34.7 Å². The Morgan fingerprint density at radius 2 is 1.83 bits per heavy atom. The summed E-state index contributed by atoms with van der Waals surface area (Å²) in [6, 6.07) is 9.99. The van der Waals surface area contributed by atoms with Crippen molar-refractivity contribution in [2.45, 2.75) is 13.1 Å². The van der Waals surface area contributed by atoms with E-state index in [1.807, 2.05) is 41.2 Å². The first-order valence-corrected chi connectivity index (χ1v) is 6.96. The van der Waals surface area contributed by atoms with Crippen LogP contribution in [0.25, 0.3) is 0 Å². The van der Waals surface area contributed by atoms with E-state index < -0.39 is 0 Å². The molecule has 0 saturated carbocycles. The molecule has 0 spiro atoms. The van der Waals surface area contributed by atoms with E-state index in [-0.39, 0.29) is 37.3 Å². The minimum Gasteiger partial charge on any atom is -0.350 e. The first kappa shape index (κ1) is 18.7. The van der Waals surface area contributed by atoms with Gasteiger partial charge in [0.1, 0.15) is 0 Å². The van der Waals surface area contributed by atoms with Crippen LogP contribution in [0.4, 0.5) is 0 Å². The van der Waals surface area contributed by atoms with Crippen molar-refractivity contribution in [3.63, 3.8) is 0 Å². The van der Waals surface area contributed by atoms with E-state index in [9.17, 15) is 9.59 Å². The van der Waals surface area contributed by atoms with E-state index >= 15 is 0 Å². The molecule has 0 atom stereocenters. The van der Waals surface area contributed by atoms with Crippen molar-refractivity contribution < 1.29 is 9.59 Å². The summed E-state index contributed by atoms with van der Waals surface area (Å²) in [5.74, 6) is -0.622. The van der Waals surface area contributed by atoms with Crippen molar-refractivity contribution in [3.8, 4) is 0 Å². The maximum absolute atomic E-state index is 11.5. The molecular formula is C15H20ClN5O2. The molecule has 1 heterocycles. The van der Waals surface area contributed by atoms with Crippen molar-refractivity contribution in [1.29, 1.82) is 0 Å². The number of hydrogen-bond acceptors (Lipinski definition) is 4. The van der Waals surface area contributed by atoms with E-state index in [2.05, 4.69) is 15.7 Å². The lowest BCUT2D eigenvalue weighted by atomic mass is 10.2. The number of aromatic nitrogens is 2. The molecule has 0 unspecified atom stereocenters. The van der Waals surface area contributed by atoms with E-state index in [1.165, 1.54) is 0 Å². The first-order chi connectivity index (χ1) is 10.7. The predicted octanol–water partition coefficient (Wildman–Crippen LogP) is 0.0443. The molecule has 23 heavy (non-hydrogen) atoms. The minimum atomic E-state index is -0.356. The summed E-state index contributed by atoms with van der Waals surface area (Å²) in [6.07, 6.45) is 3.59. The van der Waals surface area contributed by atoms with Gasteiger partial charge in [0.2, 0.25) is 11.8 Å². The van der Waals surface area contributed by atoms with Gasteiger partial charge in [-0.25, -0.2) is 0 Å². The number of halogens is 1. The first-order valence-electron chi connectivity index (χ1n) is 6.96. The highest BCUT2D eigenvalue weighted by Gasteiger charge is 2.05. The third kappa shape index (κ3) is 6.50. The number of amides is 2. The maximum atomic E-state index is 11.5. The molecule has 7 nitrogen and oxygen atoms in total. The highest BCUT2D eigenvalue weighted by Crippen LogP contribution is 2.03. The van der Waals surface area contributed by atoms with Gasteiger partial charge in [-0.2, -0.15) is 5.10 Å². The number of nitrogens with one attached hydrogen (secondary N) is 2. The van der Waals surface area contributed by atoms with Crippen LogP contribution in [0.15, 0.2) is 42.7 Å². The molecule has 0 radical (unpaired) electrons. The average Bonchev–Trinajstić information content (AvgIpc) is 2.99. The van der Waals surface area contributed by atoms with Crippen LogP contribution in [0.5, 0.6) is 0 Å². The molecule has 8 heteroatoms. The molecule has 2 amide bonds. The van der Waals surface area contributed by atoms with Crippen molar-refractivity contribution in [2.75, 3.05) is 13.1 Å². The fraction of sp³-hybridized carbons (Fsp3) is 0.267. The molecule has 124 valence electrons. The summed E-state index contributed by atoms with van der Waals surface area (Å²) in [5.41, 5.74) is 7.19. The van der Waals surface area contributed by atoms with Crippen molar-refractivity contribution >= 4 is 24.2 Å². The molecule has 2 rings (SSSR count).